The molecule has 0 saturated carbocycles. The van der Waals surface area contributed by atoms with E-state index in [1.54, 1.807) is 6.20 Å². The van der Waals surface area contributed by atoms with Crippen LogP contribution in [0.15, 0.2) is 55.0 Å². The van der Waals surface area contributed by atoms with Gasteiger partial charge in [0.2, 0.25) is 0 Å². The number of aromatic amines is 1. The first-order valence-electron chi connectivity index (χ1n) is 6.85. The fourth-order valence-corrected chi connectivity index (χ4v) is 1.93. The third-order valence-electron chi connectivity index (χ3n) is 2.84. The van der Waals surface area contributed by atoms with Crippen molar-refractivity contribution in [2.75, 3.05) is 0 Å². The number of H-pyrrole nitrogens is 1. The summed E-state index contributed by atoms with van der Waals surface area (Å²) in [6, 6.07) is 12.2. The van der Waals surface area contributed by atoms with E-state index in [1.807, 2.05) is 44.4 Å². The minimum Gasteiger partial charge on any atom is -0.338 e. The third-order valence-corrected chi connectivity index (χ3v) is 2.84. The van der Waals surface area contributed by atoms with Crippen LogP contribution in [0.3, 0.4) is 0 Å². The van der Waals surface area contributed by atoms with Gasteiger partial charge >= 0.3 is 0 Å². The third kappa shape index (κ3) is 3.12. The summed E-state index contributed by atoms with van der Waals surface area (Å²) < 4.78 is 0. The highest BCUT2D eigenvalue weighted by atomic mass is 14.9. The van der Waals surface area contributed by atoms with Crippen LogP contribution in [0.4, 0.5) is 0 Å². The number of nitrogens with one attached hydrogen (secondary N) is 1. The Labute approximate surface area is 121 Å². The molecule has 1 aromatic carbocycles. The van der Waals surface area contributed by atoms with E-state index < -0.39 is 0 Å². The number of imidazole rings is 1. The molecule has 3 rings (SSSR count). The van der Waals surface area contributed by atoms with Crippen LogP contribution in [0.2, 0.25) is 0 Å². The Balaban J connectivity index is 0.000000706. The number of aryl methyl sites for hydroxylation is 1. The van der Waals surface area contributed by atoms with Crippen molar-refractivity contribution in [3.05, 3.63) is 60.6 Å². The minimum absolute atomic E-state index is 0. The SMILES string of the molecule is CC.Cc1cccc(-c2ncc(-c3cccnc3)[nH]2)c1.[HH]. The van der Waals surface area contributed by atoms with Crippen LogP contribution in [-0.2, 0) is 0 Å². The van der Waals surface area contributed by atoms with Gasteiger partial charge in [0.25, 0.3) is 0 Å². The molecule has 3 aromatic rings. The van der Waals surface area contributed by atoms with E-state index in [4.69, 9.17) is 0 Å². The van der Waals surface area contributed by atoms with Crippen LogP contribution in [0.25, 0.3) is 22.6 Å². The van der Waals surface area contributed by atoms with Gasteiger partial charge < -0.3 is 4.98 Å². The maximum Gasteiger partial charge on any atom is 0.137 e. The molecule has 0 bridgehead atoms. The summed E-state index contributed by atoms with van der Waals surface area (Å²) in [5.74, 6) is 0.887. The Hall–Kier alpha value is -2.42. The maximum absolute atomic E-state index is 4.42. The van der Waals surface area contributed by atoms with Crippen LogP contribution < -0.4 is 0 Å². The van der Waals surface area contributed by atoms with E-state index in [0.29, 0.717) is 0 Å². The molecule has 2 heterocycles. The number of hydrogen-bond acceptors (Lipinski definition) is 2. The number of nitrogens with zero attached hydrogens (tertiary/aromatic N) is 2. The molecular formula is C17H21N3. The molecule has 2 aromatic heterocycles. The molecule has 104 valence electrons. The Bertz CT molecular complexity index is 663. The number of hydrogen-bond donors (Lipinski definition) is 1. The normalized spacial score (nSPS) is 9.75. The van der Waals surface area contributed by atoms with Crippen LogP contribution in [0, 0.1) is 6.92 Å². The number of rotatable bonds is 2. The Morgan fingerprint density at radius 2 is 1.80 bits per heavy atom. The minimum atomic E-state index is 0. The van der Waals surface area contributed by atoms with Gasteiger partial charge in [-0.15, -0.1) is 0 Å². The van der Waals surface area contributed by atoms with Gasteiger partial charge in [-0.3, -0.25) is 4.98 Å². The second kappa shape index (κ2) is 6.66. The molecule has 0 saturated heterocycles. The smallest absolute Gasteiger partial charge is 0.137 e. The molecule has 3 heteroatoms. The highest BCUT2D eigenvalue weighted by Crippen LogP contribution is 2.21. The van der Waals surface area contributed by atoms with Gasteiger partial charge in [-0.05, 0) is 25.1 Å². The van der Waals surface area contributed by atoms with Crippen molar-refractivity contribution in [3.63, 3.8) is 0 Å². The first-order valence-corrected chi connectivity index (χ1v) is 6.85. The van der Waals surface area contributed by atoms with E-state index in [9.17, 15) is 0 Å². The molecule has 0 aliphatic rings. The summed E-state index contributed by atoms with van der Waals surface area (Å²) in [5, 5.41) is 0. The van der Waals surface area contributed by atoms with E-state index in [-0.39, 0.29) is 1.43 Å². The van der Waals surface area contributed by atoms with Crippen molar-refractivity contribution < 1.29 is 1.43 Å². The average Bonchev–Trinajstić information content (AvgIpc) is 3.00. The predicted molar refractivity (Wildman–Crippen MR) is 85.5 cm³/mol. The van der Waals surface area contributed by atoms with Crippen molar-refractivity contribution in [1.82, 2.24) is 15.0 Å². The lowest BCUT2D eigenvalue weighted by atomic mass is 10.1. The number of aromatic nitrogens is 3. The topological polar surface area (TPSA) is 41.6 Å². The number of pyridine rings is 1. The lowest BCUT2D eigenvalue weighted by molar-refractivity contribution is 1.29. The molecular weight excluding hydrogens is 246 g/mol. The summed E-state index contributed by atoms with van der Waals surface area (Å²) in [6.07, 6.45) is 5.43. The zero-order valence-corrected chi connectivity index (χ0v) is 12.1. The number of benzene rings is 1. The molecule has 1 N–H and O–H groups in total. The lowest BCUT2D eigenvalue weighted by Gasteiger charge is -1.99. The van der Waals surface area contributed by atoms with Crippen LogP contribution in [0.1, 0.15) is 20.8 Å². The van der Waals surface area contributed by atoms with Gasteiger partial charge in [0.15, 0.2) is 0 Å². The molecule has 0 radical (unpaired) electrons. The van der Waals surface area contributed by atoms with Crippen LogP contribution in [-0.4, -0.2) is 15.0 Å². The van der Waals surface area contributed by atoms with E-state index in [0.717, 1.165) is 22.6 Å². The fraction of sp³-hybridized carbons (Fsp3) is 0.176. The fourth-order valence-electron chi connectivity index (χ4n) is 1.93. The summed E-state index contributed by atoms with van der Waals surface area (Å²) >= 11 is 0. The van der Waals surface area contributed by atoms with Crippen LogP contribution in [0.5, 0.6) is 0 Å². The van der Waals surface area contributed by atoms with E-state index in [1.165, 1.54) is 5.56 Å². The van der Waals surface area contributed by atoms with E-state index >= 15 is 0 Å². The zero-order chi connectivity index (χ0) is 14.4. The predicted octanol–water partition coefficient (Wildman–Crippen LogP) is 4.72. The monoisotopic (exact) mass is 267 g/mol. The first-order chi connectivity index (χ1) is 9.83. The Morgan fingerprint density at radius 1 is 1.00 bits per heavy atom. The van der Waals surface area contributed by atoms with Crippen molar-refractivity contribution in [3.8, 4) is 22.6 Å². The van der Waals surface area contributed by atoms with Crippen molar-refractivity contribution in [1.29, 1.82) is 0 Å². The molecule has 20 heavy (non-hydrogen) atoms. The second-order valence-electron chi connectivity index (χ2n) is 4.26. The average molecular weight is 267 g/mol. The zero-order valence-electron chi connectivity index (χ0n) is 12.1. The van der Waals surface area contributed by atoms with Gasteiger partial charge in [0, 0.05) is 24.9 Å². The van der Waals surface area contributed by atoms with Gasteiger partial charge in [-0.2, -0.15) is 0 Å². The Morgan fingerprint density at radius 3 is 2.50 bits per heavy atom. The summed E-state index contributed by atoms with van der Waals surface area (Å²) in [6.45, 7) is 6.08. The molecule has 0 aliphatic carbocycles. The molecule has 0 aliphatic heterocycles. The van der Waals surface area contributed by atoms with Crippen LogP contribution >= 0.6 is 0 Å². The lowest BCUT2D eigenvalue weighted by Crippen LogP contribution is -1.82. The standard InChI is InChI=1S/C15H13N3.C2H6.H2/c1-11-4-2-5-12(8-11)15-17-10-14(18-15)13-6-3-7-16-9-13;1-2;/h2-10H,1H3,(H,17,18);1-2H3;1H. The molecule has 0 atom stereocenters. The molecule has 0 unspecified atom stereocenters. The first kappa shape index (κ1) is 14.0. The van der Waals surface area contributed by atoms with Gasteiger partial charge in [0.1, 0.15) is 5.82 Å². The van der Waals surface area contributed by atoms with Gasteiger partial charge in [-0.25, -0.2) is 4.98 Å². The highest BCUT2D eigenvalue weighted by Gasteiger charge is 2.05. The summed E-state index contributed by atoms with van der Waals surface area (Å²) in [7, 11) is 0. The molecule has 0 fully saturated rings. The Kier molecular flexibility index (Phi) is 4.66. The maximum atomic E-state index is 4.42. The van der Waals surface area contributed by atoms with Crippen molar-refractivity contribution in [2.45, 2.75) is 20.8 Å². The highest BCUT2D eigenvalue weighted by molar-refractivity contribution is 5.63. The van der Waals surface area contributed by atoms with E-state index in [2.05, 4.69) is 40.1 Å². The molecule has 0 spiro atoms. The molecule has 0 amide bonds. The van der Waals surface area contributed by atoms with Crippen molar-refractivity contribution in [2.24, 2.45) is 0 Å². The summed E-state index contributed by atoms with van der Waals surface area (Å²) in [4.78, 5) is 11.9. The van der Waals surface area contributed by atoms with Gasteiger partial charge in [-0.1, -0.05) is 37.6 Å². The van der Waals surface area contributed by atoms with Crippen molar-refractivity contribution >= 4 is 0 Å². The quantitative estimate of drug-likeness (QED) is 0.730. The molecule has 3 nitrogen and oxygen atoms in total. The summed E-state index contributed by atoms with van der Waals surface area (Å²) in [5.41, 5.74) is 4.36. The largest absolute Gasteiger partial charge is 0.338 e. The van der Waals surface area contributed by atoms with Gasteiger partial charge in [0.05, 0.1) is 11.9 Å². The second-order valence-corrected chi connectivity index (χ2v) is 4.26.